The first-order valence-electron chi connectivity index (χ1n) is 10.8. The number of carbonyl (C=O) groups excluding carboxylic acids is 2. The molecule has 0 radical (unpaired) electrons. The maximum Gasteiger partial charge on any atom is 0.329 e. The summed E-state index contributed by atoms with van der Waals surface area (Å²) in [5.74, 6) is -0.451. The molecule has 0 saturated carbocycles. The molecule has 3 rings (SSSR count). The molecule has 2 N–H and O–H groups in total. The highest BCUT2D eigenvalue weighted by molar-refractivity contribution is 6.35. The molecule has 0 spiro atoms. The third-order valence-electron chi connectivity index (χ3n) is 4.70. The van der Waals surface area contributed by atoms with Crippen LogP contribution in [0.4, 0.5) is 0 Å². The van der Waals surface area contributed by atoms with Crippen molar-refractivity contribution in [2.24, 2.45) is 5.10 Å². The summed E-state index contributed by atoms with van der Waals surface area (Å²) in [4.78, 5) is 23.9. The Balaban J connectivity index is 1.50. The number of nitrogens with zero attached hydrogens (tertiary/aromatic N) is 1. The lowest BCUT2D eigenvalue weighted by Gasteiger charge is -2.12. The second kappa shape index (κ2) is 13.0. The number of amides is 2. The zero-order valence-corrected chi connectivity index (χ0v) is 19.5. The fourth-order valence-corrected chi connectivity index (χ4v) is 3.12. The third kappa shape index (κ3) is 7.94. The van der Waals surface area contributed by atoms with Crippen molar-refractivity contribution in [3.63, 3.8) is 0 Å². The number of benzene rings is 3. The highest BCUT2D eigenvalue weighted by Gasteiger charge is 2.12. The van der Waals surface area contributed by atoms with Crippen LogP contribution in [0.1, 0.15) is 23.6 Å². The maximum absolute atomic E-state index is 12.0. The van der Waals surface area contributed by atoms with Crippen LogP contribution in [-0.4, -0.2) is 31.2 Å². The van der Waals surface area contributed by atoms with Crippen molar-refractivity contribution >= 4 is 29.6 Å². The Morgan fingerprint density at radius 1 is 0.912 bits per heavy atom. The molecule has 0 bridgehead atoms. The van der Waals surface area contributed by atoms with Crippen LogP contribution < -0.4 is 20.2 Å². The largest absolute Gasteiger partial charge is 0.490 e. The third-order valence-corrected chi connectivity index (χ3v) is 4.96. The highest BCUT2D eigenvalue weighted by atomic mass is 35.5. The van der Waals surface area contributed by atoms with Crippen LogP contribution in [0.3, 0.4) is 0 Å². The lowest BCUT2D eigenvalue weighted by molar-refractivity contribution is -0.139. The van der Waals surface area contributed by atoms with E-state index in [9.17, 15) is 9.59 Å². The molecule has 0 aromatic heterocycles. The van der Waals surface area contributed by atoms with E-state index in [4.69, 9.17) is 21.1 Å². The van der Waals surface area contributed by atoms with E-state index in [2.05, 4.69) is 15.8 Å². The van der Waals surface area contributed by atoms with Gasteiger partial charge < -0.3 is 14.8 Å². The van der Waals surface area contributed by atoms with Crippen molar-refractivity contribution in [2.75, 3.05) is 13.2 Å². The monoisotopic (exact) mass is 479 g/mol. The van der Waals surface area contributed by atoms with Gasteiger partial charge in [0.2, 0.25) is 0 Å². The molecule has 8 heteroatoms. The van der Waals surface area contributed by atoms with E-state index >= 15 is 0 Å². The molecule has 3 aromatic carbocycles. The minimum Gasteiger partial charge on any atom is -0.490 e. The van der Waals surface area contributed by atoms with Crippen molar-refractivity contribution in [1.29, 1.82) is 0 Å². The summed E-state index contributed by atoms with van der Waals surface area (Å²) in [6.07, 6.45) is 2.07. The normalized spacial score (nSPS) is 10.6. The summed E-state index contributed by atoms with van der Waals surface area (Å²) in [7, 11) is 0. The second-order valence-electron chi connectivity index (χ2n) is 7.24. The number of halogens is 1. The van der Waals surface area contributed by atoms with Crippen LogP contribution in [-0.2, 0) is 22.6 Å². The first-order valence-corrected chi connectivity index (χ1v) is 11.2. The van der Waals surface area contributed by atoms with Gasteiger partial charge in [-0.3, -0.25) is 9.59 Å². The van der Waals surface area contributed by atoms with Crippen molar-refractivity contribution in [1.82, 2.24) is 10.7 Å². The van der Waals surface area contributed by atoms with E-state index in [0.717, 1.165) is 11.1 Å². The van der Waals surface area contributed by atoms with Gasteiger partial charge in [-0.25, -0.2) is 5.43 Å². The Morgan fingerprint density at radius 3 is 2.41 bits per heavy atom. The van der Waals surface area contributed by atoms with Gasteiger partial charge in [-0.15, -0.1) is 0 Å². The fourth-order valence-electron chi connectivity index (χ4n) is 3.00. The molecule has 0 saturated heterocycles. The van der Waals surface area contributed by atoms with E-state index in [1.165, 1.54) is 6.21 Å². The molecular formula is C26H26ClN3O4. The smallest absolute Gasteiger partial charge is 0.329 e. The zero-order valence-electron chi connectivity index (χ0n) is 18.8. The van der Waals surface area contributed by atoms with Crippen molar-refractivity contribution in [3.05, 3.63) is 94.5 Å². The Hall–Kier alpha value is -3.84. The zero-order chi connectivity index (χ0) is 24.2. The van der Waals surface area contributed by atoms with E-state index in [1.54, 1.807) is 30.3 Å². The molecule has 2 amide bonds. The predicted molar refractivity (Wildman–Crippen MR) is 132 cm³/mol. The molecule has 0 atom stereocenters. The number of nitrogens with one attached hydrogen (secondary N) is 2. The van der Waals surface area contributed by atoms with Crippen molar-refractivity contribution in [3.8, 4) is 11.5 Å². The quantitative estimate of drug-likeness (QED) is 0.260. The van der Waals surface area contributed by atoms with Gasteiger partial charge in [-0.05, 0) is 60.4 Å². The van der Waals surface area contributed by atoms with Crippen molar-refractivity contribution in [2.45, 2.75) is 20.0 Å². The van der Waals surface area contributed by atoms with E-state index in [0.29, 0.717) is 48.3 Å². The number of carbonyl (C=O) groups is 2. The van der Waals surface area contributed by atoms with Crippen LogP contribution in [0.25, 0.3) is 0 Å². The number of hydrazone groups is 1. The average Bonchev–Trinajstić information content (AvgIpc) is 2.85. The first-order chi connectivity index (χ1) is 16.5. The summed E-state index contributed by atoms with van der Waals surface area (Å²) in [5.41, 5.74) is 4.96. The van der Waals surface area contributed by atoms with Crippen LogP contribution >= 0.6 is 11.6 Å². The molecule has 0 aliphatic carbocycles. The lowest BCUT2D eigenvalue weighted by Crippen LogP contribution is -2.38. The number of ether oxygens (including phenoxy) is 2. The molecule has 0 aliphatic heterocycles. The molecule has 176 valence electrons. The Kier molecular flexibility index (Phi) is 9.49. The molecular weight excluding hydrogens is 454 g/mol. The van der Waals surface area contributed by atoms with Gasteiger partial charge in [0.15, 0.2) is 11.5 Å². The van der Waals surface area contributed by atoms with E-state index < -0.39 is 11.8 Å². The maximum atomic E-state index is 12.0. The topological polar surface area (TPSA) is 89.0 Å². The van der Waals surface area contributed by atoms with Gasteiger partial charge in [0, 0.05) is 11.6 Å². The Labute approximate surface area is 203 Å². The number of rotatable bonds is 10. The first kappa shape index (κ1) is 24.8. The van der Waals surface area contributed by atoms with Gasteiger partial charge in [0.05, 0.1) is 12.8 Å². The van der Waals surface area contributed by atoms with Crippen molar-refractivity contribution < 1.29 is 19.1 Å². The minimum atomic E-state index is -0.836. The fraction of sp³-hybridized carbons (Fsp3) is 0.192. The molecule has 0 unspecified atom stereocenters. The van der Waals surface area contributed by atoms with Gasteiger partial charge in [-0.1, -0.05) is 54.1 Å². The Morgan fingerprint density at radius 2 is 1.68 bits per heavy atom. The molecule has 3 aromatic rings. The summed E-state index contributed by atoms with van der Waals surface area (Å²) in [5, 5.41) is 7.11. The molecule has 0 heterocycles. The van der Waals surface area contributed by atoms with E-state index in [-0.39, 0.29) is 0 Å². The predicted octanol–water partition coefficient (Wildman–Crippen LogP) is 4.13. The van der Waals surface area contributed by atoms with Gasteiger partial charge in [0.1, 0.15) is 6.61 Å². The van der Waals surface area contributed by atoms with Crippen LogP contribution in [0.2, 0.25) is 5.02 Å². The highest BCUT2D eigenvalue weighted by Crippen LogP contribution is 2.29. The number of hydrogen-bond donors (Lipinski definition) is 2. The average molecular weight is 480 g/mol. The lowest BCUT2D eigenvalue weighted by atomic mass is 10.1. The molecule has 0 fully saturated rings. The summed E-state index contributed by atoms with van der Waals surface area (Å²) >= 11 is 5.92. The standard InChI is InChI=1S/C26H26ClN3O4/c1-2-33-24-16-21(10-13-23(24)34-18-20-8-11-22(27)12-9-20)17-29-30-26(32)25(31)28-15-14-19-6-4-3-5-7-19/h3-13,16-17H,2,14-15,18H2,1H3,(H,28,31)(H,30,32)/b29-17-. The van der Waals surface area contributed by atoms with Crippen LogP contribution in [0.15, 0.2) is 77.9 Å². The van der Waals surface area contributed by atoms with Gasteiger partial charge >= 0.3 is 11.8 Å². The molecule has 34 heavy (non-hydrogen) atoms. The van der Waals surface area contributed by atoms with E-state index in [1.807, 2.05) is 49.4 Å². The van der Waals surface area contributed by atoms with Crippen LogP contribution in [0, 0.1) is 0 Å². The summed E-state index contributed by atoms with van der Waals surface area (Å²) < 4.78 is 11.6. The SMILES string of the molecule is CCOc1cc(/C=N\NC(=O)C(=O)NCCc2ccccc2)ccc1OCc1ccc(Cl)cc1. The summed E-state index contributed by atoms with van der Waals surface area (Å²) in [6.45, 7) is 3.05. The minimum absolute atomic E-state index is 0.356. The second-order valence-corrected chi connectivity index (χ2v) is 7.68. The van der Waals surface area contributed by atoms with Gasteiger partial charge in [0.25, 0.3) is 0 Å². The van der Waals surface area contributed by atoms with Crippen LogP contribution in [0.5, 0.6) is 11.5 Å². The Bertz CT molecular complexity index is 1120. The number of hydrogen-bond acceptors (Lipinski definition) is 5. The molecule has 7 nitrogen and oxygen atoms in total. The van der Waals surface area contributed by atoms with Gasteiger partial charge in [-0.2, -0.15) is 5.10 Å². The summed E-state index contributed by atoms with van der Waals surface area (Å²) in [6, 6.07) is 22.4. The molecule has 0 aliphatic rings.